The molecule has 4 saturated heterocycles. The summed E-state index contributed by atoms with van der Waals surface area (Å²) in [5.41, 5.74) is 2.51. The fourth-order valence-electron chi connectivity index (χ4n) is 9.16. The van der Waals surface area contributed by atoms with Gasteiger partial charge < -0.3 is 19.3 Å². The second kappa shape index (κ2) is 12.2. The summed E-state index contributed by atoms with van der Waals surface area (Å²) < 4.78 is 27.1. The van der Waals surface area contributed by atoms with Crippen LogP contribution < -0.4 is 14.5 Å². The van der Waals surface area contributed by atoms with E-state index >= 15 is 0 Å². The molecule has 0 aliphatic carbocycles. The molecule has 0 spiro atoms. The minimum Gasteiger partial charge on any atom is -0.475 e. The molecule has 258 valence electrons. The molecular weight excluding hydrogens is 643 g/mol. The van der Waals surface area contributed by atoms with Gasteiger partial charge in [-0.3, -0.25) is 9.80 Å². The molecule has 49 heavy (non-hydrogen) atoms. The smallest absolute Gasteiger partial charge is 0.410 e. The maximum Gasteiger partial charge on any atom is 0.410 e. The lowest BCUT2D eigenvalue weighted by Gasteiger charge is -2.43. The van der Waals surface area contributed by atoms with Gasteiger partial charge in [0.25, 0.3) is 0 Å². The highest BCUT2D eigenvalue weighted by Gasteiger charge is 2.50. The van der Waals surface area contributed by atoms with Crippen molar-refractivity contribution in [2.75, 3.05) is 49.1 Å². The normalized spacial score (nSPS) is 26.5. The van der Waals surface area contributed by atoms with Gasteiger partial charge in [-0.05, 0) is 76.9 Å². The molecule has 11 heteroatoms. The number of fused-ring (bicyclic) bond motifs is 5. The molecule has 3 aromatic rings. The molecule has 9 nitrogen and oxygen atoms in total. The van der Waals surface area contributed by atoms with Crippen LogP contribution >= 0.6 is 11.6 Å². The van der Waals surface area contributed by atoms with Crippen LogP contribution in [-0.2, 0) is 17.7 Å². The molecular formula is C38H44ClFN6O3. The Morgan fingerprint density at radius 3 is 2.57 bits per heavy atom. The monoisotopic (exact) mass is 686 g/mol. The summed E-state index contributed by atoms with van der Waals surface area (Å²) in [5.74, 6) is 1.15. The number of pyridine rings is 1. The van der Waals surface area contributed by atoms with Crippen LogP contribution in [0, 0.1) is 11.3 Å². The molecule has 6 heterocycles. The fraction of sp³-hybridized carbons (Fsp3) is 0.553. The number of alkyl halides is 1. The van der Waals surface area contributed by atoms with E-state index in [0.717, 1.165) is 72.2 Å². The summed E-state index contributed by atoms with van der Waals surface area (Å²) in [6.07, 6.45) is 3.70. The Morgan fingerprint density at radius 2 is 1.84 bits per heavy atom. The number of anilines is 2. The lowest BCUT2D eigenvalue weighted by atomic mass is 9.93. The molecule has 0 N–H and O–H groups in total. The van der Waals surface area contributed by atoms with Gasteiger partial charge >= 0.3 is 6.09 Å². The number of nitriles is 1. The Labute approximate surface area is 292 Å². The topological polar surface area (TPSA) is 85.2 Å². The highest BCUT2D eigenvalue weighted by molar-refractivity contribution is 6.36. The third-order valence-corrected chi connectivity index (χ3v) is 11.6. The van der Waals surface area contributed by atoms with Crippen molar-refractivity contribution in [2.24, 2.45) is 0 Å². The zero-order valence-corrected chi connectivity index (χ0v) is 29.3. The number of benzene rings is 2. The van der Waals surface area contributed by atoms with Crippen molar-refractivity contribution in [1.82, 2.24) is 14.8 Å². The van der Waals surface area contributed by atoms with Gasteiger partial charge in [-0.2, -0.15) is 10.2 Å². The van der Waals surface area contributed by atoms with Crippen molar-refractivity contribution < 1.29 is 18.7 Å². The molecule has 1 amide bonds. The quantitative estimate of drug-likeness (QED) is 0.288. The van der Waals surface area contributed by atoms with Gasteiger partial charge in [0.05, 0.1) is 22.6 Å². The molecule has 2 bridgehead atoms. The molecule has 2 aromatic carbocycles. The first-order chi connectivity index (χ1) is 23.5. The van der Waals surface area contributed by atoms with E-state index < -0.39 is 11.8 Å². The third-order valence-electron chi connectivity index (χ3n) is 11.2. The van der Waals surface area contributed by atoms with Crippen LogP contribution in [0.1, 0.15) is 69.6 Å². The molecule has 1 aromatic heterocycles. The van der Waals surface area contributed by atoms with Crippen LogP contribution in [0.5, 0.6) is 5.88 Å². The van der Waals surface area contributed by atoms with E-state index in [4.69, 9.17) is 26.1 Å². The number of amides is 1. The maximum atomic E-state index is 14.7. The van der Waals surface area contributed by atoms with E-state index in [1.165, 1.54) is 0 Å². The van der Waals surface area contributed by atoms with Crippen LogP contribution in [0.15, 0.2) is 36.4 Å². The molecule has 0 radical (unpaired) electrons. The lowest BCUT2D eigenvalue weighted by molar-refractivity contribution is 0.0122. The van der Waals surface area contributed by atoms with Crippen LogP contribution in [0.3, 0.4) is 0 Å². The van der Waals surface area contributed by atoms with E-state index in [0.29, 0.717) is 62.1 Å². The van der Waals surface area contributed by atoms with Gasteiger partial charge in [0.15, 0.2) is 0 Å². The van der Waals surface area contributed by atoms with E-state index in [9.17, 15) is 14.4 Å². The molecule has 5 aliphatic rings. The first kappa shape index (κ1) is 32.4. The number of piperazine rings is 1. The molecule has 4 fully saturated rings. The van der Waals surface area contributed by atoms with Crippen LogP contribution in [0.2, 0.25) is 5.02 Å². The predicted octanol–water partition coefficient (Wildman–Crippen LogP) is 6.87. The zero-order chi connectivity index (χ0) is 34.1. The number of rotatable bonds is 5. The Balaban J connectivity index is 1.17. The fourth-order valence-corrected chi connectivity index (χ4v) is 9.43. The predicted molar refractivity (Wildman–Crippen MR) is 188 cm³/mol. The minimum absolute atomic E-state index is 0.00916. The lowest BCUT2D eigenvalue weighted by Crippen LogP contribution is -2.57. The Bertz CT molecular complexity index is 1820. The number of carbonyl (C=O) groups excluding carboxylic acids is 1. The van der Waals surface area contributed by atoms with E-state index in [-0.39, 0.29) is 23.7 Å². The molecule has 3 unspecified atom stereocenters. The first-order valence-electron chi connectivity index (χ1n) is 17.7. The summed E-state index contributed by atoms with van der Waals surface area (Å²) in [5, 5.41) is 13.5. The maximum absolute atomic E-state index is 14.7. The summed E-state index contributed by atoms with van der Waals surface area (Å²) >= 11 is 6.77. The Kier molecular flexibility index (Phi) is 8.07. The van der Waals surface area contributed by atoms with Crippen molar-refractivity contribution >= 4 is 40.0 Å². The average Bonchev–Trinajstić information content (AvgIpc) is 3.68. The van der Waals surface area contributed by atoms with Crippen molar-refractivity contribution in [3.63, 3.8) is 0 Å². The number of ether oxygens (including phenoxy) is 2. The SMILES string of the molecule is CC(C)(C)OC(=O)N1C2CCC1CN(c1nc(OCC34CCCN3C[C@H](F)C4)c(C#N)c3c1CCN(c1cccc4cccc(Cl)c14)C3)C2. The summed E-state index contributed by atoms with van der Waals surface area (Å²) in [6.45, 7) is 9.79. The van der Waals surface area contributed by atoms with Crippen molar-refractivity contribution in [3.8, 4) is 11.9 Å². The number of hydrogen-bond acceptors (Lipinski definition) is 8. The van der Waals surface area contributed by atoms with Gasteiger partial charge in [0, 0.05) is 61.3 Å². The summed E-state index contributed by atoms with van der Waals surface area (Å²) in [7, 11) is 0. The van der Waals surface area contributed by atoms with E-state index in [2.05, 4.69) is 39.0 Å². The number of aromatic nitrogens is 1. The first-order valence-corrected chi connectivity index (χ1v) is 18.1. The van der Waals surface area contributed by atoms with E-state index in [1.54, 1.807) is 0 Å². The molecule has 0 saturated carbocycles. The number of hydrogen-bond donors (Lipinski definition) is 0. The van der Waals surface area contributed by atoms with Crippen LogP contribution in [-0.4, -0.2) is 89.6 Å². The van der Waals surface area contributed by atoms with Gasteiger partial charge in [-0.15, -0.1) is 0 Å². The second-order valence-corrected chi connectivity index (χ2v) is 15.9. The van der Waals surface area contributed by atoms with Crippen LogP contribution in [0.4, 0.5) is 20.7 Å². The number of nitrogens with zero attached hydrogens (tertiary/aromatic N) is 6. The average molecular weight is 687 g/mol. The van der Waals surface area contributed by atoms with Crippen LogP contribution in [0.25, 0.3) is 10.8 Å². The Morgan fingerprint density at radius 1 is 1.08 bits per heavy atom. The third kappa shape index (κ3) is 5.73. The van der Waals surface area contributed by atoms with Gasteiger partial charge in [-0.1, -0.05) is 35.9 Å². The number of carbonyl (C=O) groups is 1. The highest BCUT2D eigenvalue weighted by atomic mass is 35.5. The highest BCUT2D eigenvalue weighted by Crippen LogP contribution is 2.44. The van der Waals surface area contributed by atoms with Crippen molar-refractivity contribution in [3.05, 3.63) is 58.1 Å². The largest absolute Gasteiger partial charge is 0.475 e. The van der Waals surface area contributed by atoms with Gasteiger partial charge in [-0.25, -0.2) is 9.18 Å². The minimum atomic E-state index is -0.871. The second-order valence-electron chi connectivity index (χ2n) is 15.5. The number of halogens is 2. The Hall–Kier alpha value is -3.81. The van der Waals surface area contributed by atoms with Gasteiger partial charge in [0.1, 0.15) is 35.8 Å². The van der Waals surface area contributed by atoms with Gasteiger partial charge in [0.2, 0.25) is 5.88 Å². The zero-order valence-electron chi connectivity index (χ0n) is 28.6. The standard InChI is InChI=1S/C38H44ClFN6O3/c1-37(2,3)49-36(47)46-26-11-12-27(46)21-44(20-26)34-28-13-16-43(32-10-5-8-24-7-4-9-31(39)33(24)32)22-30(28)29(18-41)35(42-34)48-23-38-14-6-15-45(38)19-25(40)17-38/h4-5,7-10,25-27H,6,11-17,19-23H2,1-3H3/t25-,26?,27?,38?/m1/s1. The van der Waals surface area contributed by atoms with E-state index in [1.807, 2.05) is 43.9 Å². The summed E-state index contributed by atoms with van der Waals surface area (Å²) in [4.78, 5) is 27.2. The summed E-state index contributed by atoms with van der Waals surface area (Å²) in [6, 6.07) is 14.7. The molecule has 8 rings (SSSR count). The van der Waals surface area contributed by atoms with Crippen molar-refractivity contribution in [1.29, 1.82) is 5.26 Å². The molecule has 4 atom stereocenters. The van der Waals surface area contributed by atoms with Crippen molar-refractivity contribution in [2.45, 2.75) is 95.2 Å². The molecule has 5 aliphatic heterocycles.